The van der Waals surface area contributed by atoms with Crippen LogP contribution in [0.3, 0.4) is 0 Å². The van der Waals surface area contributed by atoms with Gasteiger partial charge in [-0.2, -0.15) is 0 Å². The van der Waals surface area contributed by atoms with Gasteiger partial charge < -0.3 is 5.11 Å². The van der Waals surface area contributed by atoms with Gasteiger partial charge in [-0.25, -0.2) is 0 Å². The summed E-state index contributed by atoms with van der Waals surface area (Å²) in [5.41, 5.74) is 0.0330. The first kappa shape index (κ1) is 13.0. The fourth-order valence-corrected chi connectivity index (χ4v) is 1.64. The highest BCUT2D eigenvalue weighted by atomic mass is 16.3. The molecule has 0 aliphatic heterocycles. The maximum Gasteiger partial charge on any atom is 0.0591 e. The Hall–Kier alpha value is -0.0400. The highest BCUT2D eigenvalue weighted by molar-refractivity contribution is 4.74. The number of aliphatic hydroxyl groups excluding tert-OH is 1. The van der Waals surface area contributed by atoms with Gasteiger partial charge in [0.25, 0.3) is 0 Å². The van der Waals surface area contributed by atoms with Crippen molar-refractivity contribution in [2.45, 2.75) is 60.5 Å². The van der Waals surface area contributed by atoms with Gasteiger partial charge in [0.05, 0.1) is 6.10 Å². The monoisotopic (exact) mass is 186 g/mol. The summed E-state index contributed by atoms with van der Waals surface area (Å²) < 4.78 is 0. The van der Waals surface area contributed by atoms with Crippen LogP contribution in [-0.4, -0.2) is 11.2 Å². The van der Waals surface area contributed by atoms with E-state index in [1.54, 1.807) is 0 Å². The first-order chi connectivity index (χ1) is 5.73. The highest BCUT2D eigenvalue weighted by Crippen LogP contribution is 2.26. The summed E-state index contributed by atoms with van der Waals surface area (Å²) in [6.07, 6.45) is 1.98. The molecule has 0 spiro atoms. The first-order valence-corrected chi connectivity index (χ1v) is 5.41. The first-order valence-electron chi connectivity index (χ1n) is 5.41. The molecule has 0 saturated heterocycles. The third-order valence-electron chi connectivity index (χ3n) is 2.50. The molecule has 1 heteroatoms. The number of rotatable bonds is 4. The quantitative estimate of drug-likeness (QED) is 0.713. The molecule has 0 heterocycles. The van der Waals surface area contributed by atoms with E-state index in [9.17, 15) is 5.11 Å². The molecule has 0 amide bonds. The molecule has 2 unspecified atom stereocenters. The van der Waals surface area contributed by atoms with Gasteiger partial charge in [-0.05, 0) is 30.1 Å². The zero-order valence-electron chi connectivity index (χ0n) is 10.1. The van der Waals surface area contributed by atoms with Crippen LogP contribution in [0.1, 0.15) is 54.4 Å². The van der Waals surface area contributed by atoms with Crippen molar-refractivity contribution in [3.8, 4) is 0 Å². The largest absolute Gasteiger partial charge is 0.393 e. The Morgan fingerprint density at radius 2 is 1.46 bits per heavy atom. The zero-order chi connectivity index (χ0) is 10.6. The molecule has 1 nitrogen and oxygen atoms in total. The summed E-state index contributed by atoms with van der Waals surface area (Å²) in [5.74, 6) is 1.37. The van der Waals surface area contributed by atoms with Crippen LogP contribution in [0.25, 0.3) is 0 Å². The lowest BCUT2D eigenvalue weighted by Gasteiger charge is -2.28. The van der Waals surface area contributed by atoms with Crippen molar-refractivity contribution < 1.29 is 5.11 Å². The maximum absolute atomic E-state index is 9.87. The molecule has 80 valence electrons. The van der Waals surface area contributed by atoms with Crippen molar-refractivity contribution in [2.24, 2.45) is 17.3 Å². The van der Waals surface area contributed by atoms with Gasteiger partial charge >= 0.3 is 0 Å². The molecule has 13 heavy (non-hydrogen) atoms. The van der Waals surface area contributed by atoms with Gasteiger partial charge in [-0.15, -0.1) is 0 Å². The lowest BCUT2D eigenvalue weighted by atomic mass is 9.82. The minimum atomic E-state index is -0.166. The van der Waals surface area contributed by atoms with Gasteiger partial charge in [0.1, 0.15) is 0 Å². The van der Waals surface area contributed by atoms with E-state index in [4.69, 9.17) is 0 Å². The molecule has 0 aromatic carbocycles. The van der Waals surface area contributed by atoms with Crippen LogP contribution < -0.4 is 0 Å². The minimum Gasteiger partial charge on any atom is -0.393 e. The van der Waals surface area contributed by atoms with Gasteiger partial charge in [0, 0.05) is 0 Å². The fourth-order valence-electron chi connectivity index (χ4n) is 1.64. The van der Waals surface area contributed by atoms with E-state index < -0.39 is 0 Å². The standard InChI is InChI=1S/C12H26O/c1-9(2)7-10(3)8-11(13)12(4,5)6/h9-11,13H,7-8H2,1-6H3. The Bertz CT molecular complexity index is 133. The van der Waals surface area contributed by atoms with E-state index in [0.29, 0.717) is 5.92 Å². The molecule has 0 rings (SSSR count). The molecule has 2 atom stereocenters. The van der Waals surface area contributed by atoms with Crippen LogP contribution in [0.15, 0.2) is 0 Å². The summed E-state index contributed by atoms with van der Waals surface area (Å²) in [6, 6.07) is 0. The maximum atomic E-state index is 9.87. The molecule has 0 bridgehead atoms. The van der Waals surface area contributed by atoms with Gasteiger partial charge in [0.2, 0.25) is 0 Å². The van der Waals surface area contributed by atoms with E-state index in [1.165, 1.54) is 6.42 Å². The summed E-state index contributed by atoms with van der Waals surface area (Å²) >= 11 is 0. The van der Waals surface area contributed by atoms with E-state index in [2.05, 4.69) is 41.5 Å². The molecule has 0 aromatic heterocycles. The zero-order valence-corrected chi connectivity index (χ0v) is 10.1. The number of hydrogen-bond donors (Lipinski definition) is 1. The van der Waals surface area contributed by atoms with Crippen LogP contribution >= 0.6 is 0 Å². The van der Waals surface area contributed by atoms with Gasteiger partial charge in [-0.3, -0.25) is 0 Å². The van der Waals surface area contributed by atoms with Crippen molar-refractivity contribution in [1.29, 1.82) is 0 Å². The molecule has 0 aromatic rings. The third-order valence-corrected chi connectivity index (χ3v) is 2.50. The second-order valence-electron chi connectivity index (χ2n) is 5.85. The SMILES string of the molecule is CC(C)CC(C)CC(O)C(C)(C)C. The van der Waals surface area contributed by atoms with Crippen molar-refractivity contribution >= 4 is 0 Å². The topological polar surface area (TPSA) is 20.2 Å². The van der Waals surface area contributed by atoms with E-state index in [-0.39, 0.29) is 11.5 Å². The number of aliphatic hydroxyl groups is 1. The molecule has 0 radical (unpaired) electrons. The summed E-state index contributed by atoms with van der Waals surface area (Å²) in [7, 11) is 0. The highest BCUT2D eigenvalue weighted by Gasteiger charge is 2.23. The number of hydrogen-bond acceptors (Lipinski definition) is 1. The Balaban J connectivity index is 3.85. The van der Waals surface area contributed by atoms with E-state index >= 15 is 0 Å². The molecule has 0 fully saturated rings. The van der Waals surface area contributed by atoms with E-state index in [0.717, 1.165) is 12.3 Å². The van der Waals surface area contributed by atoms with Crippen molar-refractivity contribution in [2.75, 3.05) is 0 Å². The van der Waals surface area contributed by atoms with Crippen molar-refractivity contribution in [1.82, 2.24) is 0 Å². The van der Waals surface area contributed by atoms with Crippen LogP contribution in [-0.2, 0) is 0 Å². The summed E-state index contributed by atoms with van der Waals surface area (Å²) in [5, 5.41) is 9.87. The van der Waals surface area contributed by atoms with Crippen LogP contribution in [0.4, 0.5) is 0 Å². The van der Waals surface area contributed by atoms with Crippen LogP contribution in [0.5, 0.6) is 0 Å². The smallest absolute Gasteiger partial charge is 0.0591 e. The van der Waals surface area contributed by atoms with Crippen molar-refractivity contribution in [3.63, 3.8) is 0 Å². The molecular formula is C12H26O. The summed E-state index contributed by atoms with van der Waals surface area (Å²) in [6.45, 7) is 13.0. The second kappa shape index (κ2) is 4.99. The lowest BCUT2D eigenvalue weighted by Crippen LogP contribution is -2.28. The minimum absolute atomic E-state index is 0.0330. The Morgan fingerprint density at radius 1 is 1.00 bits per heavy atom. The lowest BCUT2D eigenvalue weighted by molar-refractivity contribution is 0.0407. The molecule has 1 N–H and O–H groups in total. The van der Waals surface area contributed by atoms with Gasteiger partial charge in [0.15, 0.2) is 0 Å². The van der Waals surface area contributed by atoms with Crippen LogP contribution in [0.2, 0.25) is 0 Å². The van der Waals surface area contributed by atoms with Crippen LogP contribution in [0, 0.1) is 17.3 Å². The Labute approximate surface area is 83.5 Å². The second-order valence-corrected chi connectivity index (χ2v) is 5.85. The van der Waals surface area contributed by atoms with Crippen molar-refractivity contribution in [3.05, 3.63) is 0 Å². The molecule has 0 aliphatic rings. The Morgan fingerprint density at radius 3 is 1.77 bits per heavy atom. The average Bonchev–Trinajstić information content (AvgIpc) is 1.82. The Kier molecular flexibility index (Phi) is 4.98. The third kappa shape index (κ3) is 6.09. The normalized spacial score (nSPS) is 17.5. The summed E-state index contributed by atoms with van der Waals surface area (Å²) in [4.78, 5) is 0. The molecule has 0 aliphatic carbocycles. The predicted molar refractivity (Wildman–Crippen MR) is 58.7 cm³/mol. The predicted octanol–water partition coefficient (Wildman–Crippen LogP) is 3.47. The molecule has 0 saturated carbocycles. The molecular weight excluding hydrogens is 160 g/mol. The van der Waals surface area contributed by atoms with Gasteiger partial charge in [-0.1, -0.05) is 41.5 Å². The average molecular weight is 186 g/mol. The van der Waals surface area contributed by atoms with E-state index in [1.807, 2.05) is 0 Å². The fraction of sp³-hybridized carbons (Fsp3) is 1.00.